The van der Waals surface area contributed by atoms with E-state index in [1.807, 2.05) is 0 Å². The Morgan fingerprint density at radius 2 is 1.63 bits per heavy atom. The zero-order valence-corrected chi connectivity index (χ0v) is 11.6. The van der Waals surface area contributed by atoms with E-state index in [0.717, 1.165) is 13.0 Å². The minimum absolute atomic E-state index is 0.350. The molecule has 1 nitrogen and oxygen atoms in total. The lowest BCUT2D eigenvalue weighted by molar-refractivity contribution is 0.198. The molecule has 0 atom stereocenters. The standard InChI is InChI=1S/C18H23N/c19-14-18(11-4-1-5-12-18)13-16-9-6-8-15-7-2-3-10-17(15)16/h2-3,6-10H,1,4-5,11-14,19H2. The Morgan fingerprint density at radius 1 is 0.895 bits per heavy atom. The van der Waals surface area contributed by atoms with Gasteiger partial charge in [0, 0.05) is 0 Å². The van der Waals surface area contributed by atoms with Crippen LogP contribution in [0.2, 0.25) is 0 Å². The van der Waals surface area contributed by atoms with E-state index >= 15 is 0 Å². The number of hydrogen-bond donors (Lipinski definition) is 1. The first-order valence-corrected chi connectivity index (χ1v) is 7.50. The summed E-state index contributed by atoms with van der Waals surface area (Å²) < 4.78 is 0. The molecule has 1 saturated carbocycles. The van der Waals surface area contributed by atoms with Gasteiger partial charge in [-0.05, 0) is 47.6 Å². The first-order valence-electron chi connectivity index (χ1n) is 7.50. The summed E-state index contributed by atoms with van der Waals surface area (Å²) in [6.45, 7) is 0.830. The zero-order chi connectivity index (χ0) is 13.1. The van der Waals surface area contributed by atoms with Crippen LogP contribution in [0.15, 0.2) is 42.5 Å². The van der Waals surface area contributed by atoms with Gasteiger partial charge in [0.2, 0.25) is 0 Å². The normalized spacial score (nSPS) is 18.6. The Bertz CT molecular complexity index is 547. The average Bonchev–Trinajstić information content (AvgIpc) is 2.49. The number of benzene rings is 2. The SMILES string of the molecule is NCC1(Cc2cccc3ccccc23)CCCCC1. The van der Waals surface area contributed by atoms with Crippen LogP contribution >= 0.6 is 0 Å². The van der Waals surface area contributed by atoms with Gasteiger partial charge >= 0.3 is 0 Å². The summed E-state index contributed by atoms with van der Waals surface area (Å²) in [7, 11) is 0. The van der Waals surface area contributed by atoms with Crippen molar-refractivity contribution < 1.29 is 0 Å². The largest absolute Gasteiger partial charge is 0.330 e. The van der Waals surface area contributed by atoms with E-state index < -0.39 is 0 Å². The third-order valence-electron chi connectivity index (χ3n) is 4.79. The van der Waals surface area contributed by atoms with Crippen LogP contribution in [0.5, 0.6) is 0 Å². The van der Waals surface area contributed by atoms with Crippen LogP contribution < -0.4 is 5.73 Å². The van der Waals surface area contributed by atoms with Gasteiger partial charge in [0.1, 0.15) is 0 Å². The van der Waals surface area contributed by atoms with E-state index in [0.29, 0.717) is 5.41 Å². The van der Waals surface area contributed by atoms with E-state index in [9.17, 15) is 0 Å². The monoisotopic (exact) mass is 253 g/mol. The molecular formula is C18H23N. The highest BCUT2D eigenvalue weighted by atomic mass is 14.6. The van der Waals surface area contributed by atoms with Crippen LogP contribution in [0.4, 0.5) is 0 Å². The molecule has 3 rings (SSSR count). The average molecular weight is 253 g/mol. The highest BCUT2D eigenvalue weighted by Crippen LogP contribution is 2.39. The summed E-state index contributed by atoms with van der Waals surface area (Å²) in [6.07, 6.45) is 7.82. The fourth-order valence-corrected chi connectivity index (χ4v) is 3.61. The second kappa shape index (κ2) is 5.34. The fraction of sp³-hybridized carbons (Fsp3) is 0.444. The predicted octanol–water partition coefficient (Wildman–Crippen LogP) is 4.29. The van der Waals surface area contributed by atoms with Crippen molar-refractivity contribution >= 4 is 10.8 Å². The summed E-state index contributed by atoms with van der Waals surface area (Å²) in [5.74, 6) is 0. The Labute approximate surface area is 115 Å². The molecule has 0 heterocycles. The predicted molar refractivity (Wildman–Crippen MR) is 82.2 cm³/mol. The minimum atomic E-state index is 0.350. The van der Waals surface area contributed by atoms with Crippen LogP contribution in [-0.4, -0.2) is 6.54 Å². The summed E-state index contributed by atoms with van der Waals surface area (Å²) in [5, 5.41) is 2.76. The molecule has 0 saturated heterocycles. The summed E-state index contributed by atoms with van der Waals surface area (Å²) in [4.78, 5) is 0. The highest BCUT2D eigenvalue weighted by Gasteiger charge is 2.31. The molecular weight excluding hydrogens is 230 g/mol. The molecule has 0 unspecified atom stereocenters. The van der Waals surface area contributed by atoms with Crippen molar-refractivity contribution in [3.63, 3.8) is 0 Å². The Morgan fingerprint density at radius 3 is 2.42 bits per heavy atom. The summed E-state index contributed by atoms with van der Waals surface area (Å²) in [6, 6.07) is 15.4. The van der Waals surface area contributed by atoms with E-state index in [4.69, 9.17) is 5.73 Å². The van der Waals surface area contributed by atoms with Crippen molar-refractivity contribution in [1.29, 1.82) is 0 Å². The zero-order valence-electron chi connectivity index (χ0n) is 11.6. The maximum atomic E-state index is 6.13. The summed E-state index contributed by atoms with van der Waals surface area (Å²) in [5.41, 5.74) is 7.96. The highest BCUT2D eigenvalue weighted by molar-refractivity contribution is 5.85. The number of rotatable bonds is 3. The van der Waals surface area contributed by atoms with Crippen molar-refractivity contribution in [2.75, 3.05) is 6.54 Å². The van der Waals surface area contributed by atoms with Gasteiger partial charge in [-0.15, -0.1) is 0 Å². The molecule has 1 aliphatic carbocycles. The lowest BCUT2D eigenvalue weighted by Crippen LogP contribution is -2.34. The van der Waals surface area contributed by atoms with E-state index in [-0.39, 0.29) is 0 Å². The van der Waals surface area contributed by atoms with Crippen LogP contribution in [0.3, 0.4) is 0 Å². The molecule has 1 aliphatic rings. The molecule has 1 fully saturated rings. The molecule has 0 aromatic heterocycles. The summed E-state index contributed by atoms with van der Waals surface area (Å²) >= 11 is 0. The van der Waals surface area contributed by atoms with Gasteiger partial charge in [0.15, 0.2) is 0 Å². The van der Waals surface area contributed by atoms with Gasteiger partial charge in [-0.2, -0.15) is 0 Å². The van der Waals surface area contributed by atoms with E-state index in [1.54, 1.807) is 0 Å². The molecule has 0 radical (unpaired) electrons. The van der Waals surface area contributed by atoms with Gasteiger partial charge in [0.25, 0.3) is 0 Å². The van der Waals surface area contributed by atoms with Crippen molar-refractivity contribution in [3.8, 4) is 0 Å². The second-order valence-corrected chi connectivity index (χ2v) is 6.08. The number of fused-ring (bicyclic) bond motifs is 1. The Hall–Kier alpha value is -1.34. The van der Waals surface area contributed by atoms with E-state index in [1.165, 1.54) is 48.4 Å². The van der Waals surface area contributed by atoms with Crippen LogP contribution in [0, 0.1) is 5.41 Å². The van der Waals surface area contributed by atoms with Gasteiger partial charge in [-0.1, -0.05) is 61.7 Å². The van der Waals surface area contributed by atoms with Crippen LogP contribution in [0.1, 0.15) is 37.7 Å². The lowest BCUT2D eigenvalue weighted by Gasteiger charge is -2.36. The van der Waals surface area contributed by atoms with Crippen molar-refractivity contribution in [1.82, 2.24) is 0 Å². The molecule has 19 heavy (non-hydrogen) atoms. The number of hydrogen-bond acceptors (Lipinski definition) is 1. The third-order valence-corrected chi connectivity index (χ3v) is 4.79. The Balaban J connectivity index is 1.96. The van der Waals surface area contributed by atoms with Crippen LogP contribution in [-0.2, 0) is 6.42 Å². The third kappa shape index (κ3) is 2.52. The minimum Gasteiger partial charge on any atom is -0.330 e. The van der Waals surface area contributed by atoms with Crippen molar-refractivity contribution in [3.05, 3.63) is 48.0 Å². The second-order valence-electron chi connectivity index (χ2n) is 6.08. The maximum Gasteiger partial charge on any atom is -0.00173 e. The molecule has 0 amide bonds. The van der Waals surface area contributed by atoms with Gasteiger partial charge in [0.05, 0.1) is 0 Å². The quantitative estimate of drug-likeness (QED) is 0.867. The molecule has 1 heteroatoms. The molecule has 2 aromatic carbocycles. The van der Waals surface area contributed by atoms with Gasteiger partial charge < -0.3 is 5.73 Å². The van der Waals surface area contributed by atoms with Crippen molar-refractivity contribution in [2.24, 2.45) is 11.1 Å². The number of nitrogens with two attached hydrogens (primary N) is 1. The lowest BCUT2D eigenvalue weighted by atomic mass is 9.70. The van der Waals surface area contributed by atoms with Crippen molar-refractivity contribution in [2.45, 2.75) is 38.5 Å². The van der Waals surface area contributed by atoms with Crippen LogP contribution in [0.25, 0.3) is 10.8 Å². The van der Waals surface area contributed by atoms with E-state index in [2.05, 4.69) is 42.5 Å². The molecule has 100 valence electrons. The topological polar surface area (TPSA) is 26.0 Å². The molecule has 0 bridgehead atoms. The first-order chi connectivity index (χ1) is 9.33. The van der Waals surface area contributed by atoms with Gasteiger partial charge in [-0.25, -0.2) is 0 Å². The molecule has 2 N–H and O–H groups in total. The molecule has 2 aromatic rings. The first kappa shape index (κ1) is 12.7. The Kier molecular flexibility index (Phi) is 3.56. The van der Waals surface area contributed by atoms with Gasteiger partial charge in [-0.3, -0.25) is 0 Å². The molecule has 0 aliphatic heterocycles. The fourth-order valence-electron chi connectivity index (χ4n) is 3.61. The smallest absolute Gasteiger partial charge is 0.00173 e. The maximum absolute atomic E-state index is 6.13. The molecule has 0 spiro atoms.